The fraction of sp³-hybridized carbons (Fsp3) is 0.531. The third kappa shape index (κ3) is 6.41. The zero-order chi connectivity index (χ0) is 29.7. The molecule has 4 rings (SSSR count). The molecule has 40 heavy (non-hydrogen) atoms. The molecule has 0 spiro atoms. The molecule has 0 bridgehead atoms. The molecule has 1 saturated heterocycles. The van der Waals surface area contributed by atoms with Gasteiger partial charge in [-0.05, 0) is 68.2 Å². The van der Waals surface area contributed by atoms with Gasteiger partial charge in [-0.1, -0.05) is 69.3 Å². The number of ketones is 1. The summed E-state index contributed by atoms with van der Waals surface area (Å²) in [6, 6.07) is 5.74. The second kappa shape index (κ2) is 11.0. The zero-order valence-corrected chi connectivity index (χ0v) is 28.0. The summed E-state index contributed by atoms with van der Waals surface area (Å²) in [6.07, 6.45) is 5.89. The Morgan fingerprint density at radius 1 is 1.12 bits per heavy atom. The molecule has 1 aromatic rings. The van der Waals surface area contributed by atoms with Crippen LogP contribution in [0, 0.1) is 0 Å². The maximum atomic E-state index is 13.6. The lowest BCUT2D eigenvalue weighted by Gasteiger charge is -2.37. The molecule has 218 valence electrons. The topological polar surface area (TPSA) is 66.0 Å². The van der Waals surface area contributed by atoms with Crippen molar-refractivity contribution in [3.05, 3.63) is 75.6 Å². The van der Waals surface area contributed by atoms with Crippen LogP contribution in [-0.2, 0) is 19.3 Å². The van der Waals surface area contributed by atoms with E-state index in [0.717, 1.165) is 27.0 Å². The lowest BCUT2D eigenvalue weighted by Crippen LogP contribution is -2.44. The van der Waals surface area contributed by atoms with Gasteiger partial charge in [0.15, 0.2) is 19.9 Å². The summed E-state index contributed by atoms with van der Waals surface area (Å²) in [5.74, 6) is -0.00710. The molecule has 1 aliphatic carbocycles. The van der Waals surface area contributed by atoms with E-state index >= 15 is 0 Å². The van der Waals surface area contributed by atoms with Crippen molar-refractivity contribution in [1.29, 1.82) is 0 Å². The van der Waals surface area contributed by atoms with Crippen LogP contribution in [0.3, 0.4) is 0 Å². The van der Waals surface area contributed by atoms with Crippen molar-refractivity contribution in [3.63, 3.8) is 0 Å². The number of fused-ring (bicyclic) bond motifs is 1. The Labute approximate surface area is 249 Å². The van der Waals surface area contributed by atoms with E-state index in [9.17, 15) is 4.79 Å². The smallest absolute Gasteiger partial charge is 0.192 e. The van der Waals surface area contributed by atoms with Crippen LogP contribution in [0.5, 0.6) is 5.75 Å². The minimum atomic E-state index is -1.94. The Kier molecular flexibility index (Phi) is 8.54. The summed E-state index contributed by atoms with van der Waals surface area (Å²) < 4.78 is 26.1. The first kappa shape index (κ1) is 31.0. The Hall–Kier alpha value is -1.97. The lowest BCUT2D eigenvalue weighted by molar-refractivity contribution is -0.150. The van der Waals surface area contributed by atoms with Crippen LogP contribution in [0.15, 0.2) is 64.5 Å². The highest BCUT2D eigenvalue weighted by molar-refractivity contribution is 9.11. The number of nitrogens with one attached hydrogen (secondary N) is 1. The minimum Gasteiger partial charge on any atom is -0.491 e. The second-order valence-corrected chi connectivity index (χ2v) is 19.1. The lowest BCUT2D eigenvalue weighted by atomic mass is 9.70. The number of carbonyl (C=O) groups excluding carboxylic acids is 1. The third-order valence-corrected chi connectivity index (χ3v) is 13.4. The van der Waals surface area contributed by atoms with Crippen LogP contribution in [-0.4, -0.2) is 45.3 Å². The molecule has 1 fully saturated rings. The first-order valence-corrected chi connectivity index (χ1v) is 17.7. The van der Waals surface area contributed by atoms with Crippen molar-refractivity contribution in [2.75, 3.05) is 13.2 Å². The number of hydrogen-bond acceptors (Lipinski definition) is 6. The maximum Gasteiger partial charge on any atom is 0.192 e. The van der Waals surface area contributed by atoms with E-state index in [0.29, 0.717) is 30.9 Å². The van der Waals surface area contributed by atoms with E-state index < -0.39 is 19.5 Å². The number of ether oxygens (including phenoxy) is 3. The molecule has 2 heterocycles. The van der Waals surface area contributed by atoms with Gasteiger partial charge in [-0.25, -0.2) is 0 Å². The molecule has 0 aromatic heterocycles. The summed E-state index contributed by atoms with van der Waals surface area (Å²) in [5.41, 5.74) is 3.49. The summed E-state index contributed by atoms with van der Waals surface area (Å²) in [7, 11) is -1.94. The van der Waals surface area contributed by atoms with E-state index in [2.05, 4.69) is 75.5 Å². The van der Waals surface area contributed by atoms with Crippen LogP contribution in [0.2, 0.25) is 18.1 Å². The Bertz CT molecular complexity index is 1280. The van der Waals surface area contributed by atoms with Crippen molar-refractivity contribution < 1.29 is 23.4 Å². The number of benzene rings is 1. The SMILES string of the molecule is C=C1/C=C(Br)\C=C/CC2=C(N1)C(C)(C)c1cc(OC[C@H]3OC(C)(C)O[C@@H]3CO[Si](C)(C)C(C)(C)C)ccc1C2=O. The fourth-order valence-corrected chi connectivity index (χ4v) is 6.60. The van der Waals surface area contributed by atoms with Crippen LogP contribution in [0.1, 0.15) is 70.8 Å². The maximum absolute atomic E-state index is 13.6. The first-order chi connectivity index (χ1) is 18.4. The van der Waals surface area contributed by atoms with Gasteiger partial charge in [0.05, 0.1) is 6.61 Å². The van der Waals surface area contributed by atoms with Crippen molar-refractivity contribution in [2.45, 2.75) is 96.4 Å². The molecule has 1 N–H and O–H groups in total. The van der Waals surface area contributed by atoms with Gasteiger partial charge >= 0.3 is 0 Å². The average molecular weight is 631 g/mol. The quantitative estimate of drug-likeness (QED) is 0.326. The molecule has 1 aromatic carbocycles. The van der Waals surface area contributed by atoms with Gasteiger partial charge in [0.1, 0.15) is 24.6 Å². The molecule has 3 aliphatic rings. The highest BCUT2D eigenvalue weighted by atomic mass is 79.9. The van der Waals surface area contributed by atoms with Crippen molar-refractivity contribution >= 4 is 30.0 Å². The number of Topliss-reactive ketones (excluding diaryl/α,β-unsaturated/α-hetero) is 1. The molecular weight excluding hydrogens is 586 g/mol. The number of carbonyl (C=O) groups is 1. The zero-order valence-electron chi connectivity index (χ0n) is 25.4. The van der Waals surface area contributed by atoms with Crippen LogP contribution < -0.4 is 10.1 Å². The molecule has 2 aliphatic heterocycles. The monoisotopic (exact) mass is 629 g/mol. The molecule has 0 unspecified atom stereocenters. The molecule has 6 nitrogen and oxygen atoms in total. The Balaban J connectivity index is 1.54. The Morgan fingerprint density at radius 3 is 2.42 bits per heavy atom. The predicted octanol–water partition coefficient (Wildman–Crippen LogP) is 7.68. The predicted molar refractivity (Wildman–Crippen MR) is 166 cm³/mol. The van der Waals surface area contributed by atoms with Gasteiger partial charge in [0.25, 0.3) is 0 Å². The van der Waals surface area contributed by atoms with Gasteiger partial charge in [0.2, 0.25) is 0 Å². The van der Waals surface area contributed by atoms with Gasteiger partial charge in [-0.3, -0.25) is 4.79 Å². The first-order valence-electron chi connectivity index (χ1n) is 14.0. The van der Waals surface area contributed by atoms with Gasteiger partial charge < -0.3 is 24.0 Å². The van der Waals surface area contributed by atoms with Crippen LogP contribution in [0.25, 0.3) is 0 Å². The fourth-order valence-electron chi connectivity index (χ4n) is 5.12. The standard InChI is InChI=1S/C32H44BrNO5Si/c1-20-16-21(33)12-11-13-24-28(35)23-15-14-22(17-25(23)31(5,6)29(24)34-20)36-18-26-27(39-32(7,8)38-26)19-37-40(9,10)30(2,3)4/h11-12,14-17,26-27,34H,1,13,18-19H2,2-10H3/b12-11-,21-16+/t26-,27-/m1/s1. The largest absolute Gasteiger partial charge is 0.491 e. The molecule has 8 heteroatoms. The Morgan fingerprint density at radius 2 is 1.77 bits per heavy atom. The van der Waals surface area contributed by atoms with E-state index in [1.807, 2.05) is 50.3 Å². The molecule has 0 saturated carbocycles. The van der Waals surface area contributed by atoms with Crippen molar-refractivity contribution in [2.24, 2.45) is 0 Å². The van der Waals surface area contributed by atoms with Gasteiger partial charge in [-0.2, -0.15) is 0 Å². The van der Waals surface area contributed by atoms with E-state index in [1.54, 1.807) is 0 Å². The van der Waals surface area contributed by atoms with E-state index in [1.165, 1.54) is 0 Å². The summed E-state index contributed by atoms with van der Waals surface area (Å²) in [5, 5.41) is 3.54. The van der Waals surface area contributed by atoms with Crippen LogP contribution in [0.4, 0.5) is 0 Å². The molecule has 0 radical (unpaired) electrons. The van der Waals surface area contributed by atoms with Gasteiger partial charge in [-0.15, -0.1) is 0 Å². The minimum absolute atomic E-state index is 0.0240. The summed E-state index contributed by atoms with van der Waals surface area (Å²) >= 11 is 3.54. The number of allylic oxidation sites excluding steroid dienone is 6. The van der Waals surface area contributed by atoms with Gasteiger partial charge in [0, 0.05) is 32.4 Å². The number of hydrogen-bond donors (Lipinski definition) is 1. The van der Waals surface area contributed by atoms with E-state index in [-0.39, 0.29) is 23.0 Å². The third-order valence-electron chi connectivity index (χ3n) is 8.42. The van der Waals surface area contributed by atoms with Crippen LogP contribution >= 0.6 is 15.9 Å². The van der Waals surface area contributed by atoms with E-state index in [4.69, 9.17) is 18.6 Å². The van der Waals surface area contributed by atoms with Crippen molar-refractivity contribution in [3.8, 4) is 5.75 Å². The van der Waals surface area contributed by atoms with Crippen molar-refractivity contribution in [1.82, 2.24) is 5.32 Å². The normalized spacial score (nSPS) is 26.5. The summed E-state index contributed by atoms with van der Waals surface area (Å²) in [6.45, 7) is 24.2. The molecule has 0 amide bonds. The highest BCUT2D eigenvalue weighted by Gasteiger charge is 2.45. The number of rotatable bonds is 6. The second-order valence-electron chi connectivity index (χ2n) is 13.4. The highest BCUT2D eigenvalue weighted by Crippen LogP contribution is 2.43. The molecular formula is C32H44BrNO5Si. The molecule has 2 atom stereocenters. The average Bonchev–Trinajstić information content (AvgIpc) is 3.17. The number of halogens is 1. The summed E-state index contributed by atoms with van der Waals surface area (Å²) in [4.78, 5) is 13.6.